The van der Waals surface area contributed by atoms with Crippen molar-refractivity contribution in [2.24, 2.45) is 4.40 Å². The van der Waals surface area contributed by atoms with Gasteiger partial charge in [0.05, 0.1) is 6.61 Å². The summed E-state index contributed by atoms with van der Waals surface area (Å²) < 4.78 is 10.1. The zero-order chi connectivity index (χ0) is 13.1. The van der Waals surface area contributed by atoms with Gasteiger partial charge in [-0.15, -0.1) is 0 Å². The lowest BCUT2D eigenvalue weighted by Crippen LogP contribution is -2.32. The molecule has 4 heteroatoms. The summed E-state index contributed by atoms with van der Waals surface area (Å²) in [4.78, 5) is 2.21. The molecule has 0 aromatic heterocycles. The molecular formula is C15H16N2OS. The molecule has 0 spiro atoms. The lowest BCUT2D eigenvalue weighted by Gasteiger charge is -2.29. The van der Waals surface area contributed by atoms with Crippen LogP contribution in [0.3, 0.4) is 0 Å². The van der Waals surface area contributed by atoms with Gasteiger partial charge in [0, 0.05) is 24.1 Å². The van der Waals surface area contributed by atoms with E-state index in [-0.39, 0.29) is 0 Å². The zero-order valence-electron chi connectivity index (χ0n) is 10.9. The van der Waals surface area contributed by atoms with Crippen LogP contribution >= 0.6 is 11.9 Å². The summed E-state index contributed by atoms with van der Waals surface area (Å²) in [5.74, 6) is 3.02. The highest BCUT2D eigenvalue weighted by Gasteiger charge is 2.21. The van der Waals surface area contributed by atoms with E-state index in [1.165, 1.54) is 11.1 Å². The van der Waals surface area contributed by atoms with E-state index in [1.807, 2.05) is 19.1 Å². The number of ether oxygens (including phenoxy) is 1. The minimum absolute atomic E-state index is 0.696. The average Bonchev–Trinajstić information content (AvgIpc) is 2.48. The Balaban J connectivity index is 1.90. The summed E-state index contributed by atoms with van der Waals surface area (Å²) in [6.07, 6.45) is 6.30. The highest BCUT2D eigenvalue weighted by molar-refractivity contribution is 7.98. The Bertz CT molecular complexity index is 546. The number of fused-ring (bicyclic) bond motifs is 1. The lowest BCUT2D eigenvalue weighted by molar-refractivity contribution is 0.340. The summed E-state index contributed by atoms with van der Waals surface area (Å²) in [5, 5.41) is 0. The van der Waals surface area contributed by atoms with Crippen LogP contribution in [0.5, 0.6) is 5.75 Å². The van der Waals surface area contributed by atoms with E-state index in [4.69, 9.17) is 4.74 Å². The maximum absolute atomic E-state index is 5.48. The predicted molar refractivity (Wildman–Crippen MR) is 81.3 cm³/mol. The van der Waals surface area contributed by atoms with Gasteiger partial charge in [-0.25, -0.2) is 0 Å². The molecule has 0 saturated heterocycles. The van der Waals surface area contributed by atoms with Crippen LogP contribution in [0.25, 0.3) is 5.57 Å². The van der Waals surface area contributed by atoms with Gasteiger partial charge in [0.25, 0.3) is 0 Å². The van der Waals surface area contributed by atoms with Crippen molar-refractivity contribution >= 4 is 23.4 Å². The molecule has 0 fully saturated rings. The van der Waals surface area contributed by atoms with Crippen LogP contribution in [0.4, 0.5) is 0 Å². The molecule has 3 rings (SSSR count). The van der Waals surface area contributed by atoms with Gasteiger partial charge in [0.2, 0.25) is 0 Å². The Hall–Kier alpha value is -1.68. The number of rotatable bonds is 3. The maximum Gasteiger partial charge on any atom is 0.148 e. The van der Waals surface area contributed by atoms with Gasteiger partial charge in [0.1, 0.15) is 11.6 Å². The summed E-state index contributed by atoms with van der Waals surface area (Å²) in [6, 6.07) is 8.21. The molecule has 1 aromatic rings. The third-order valence-electron chi connectivity index (χ3n) is 3.09. The van der Waals surface area contributed by atoms with Gasteiger partial charge in [0.15, 0.2) is 0 Å². The number of nitrogens with zero attached hydrogens (tertiary/aromatic N) is 2. The molecule has 0 amide bonds. The van der Waals surface area contributed by atoms with E-state index in [1.54, 1.807) is 11.9 Å². The molecule has 1 aromatic carbocycles. The first-order valence-electron chi connectivity index (χ1n) is 6.47. The topological polar surface area (TPSA) is 24.8 Å². The molecule has 19 heavy (non-hydrogen) atoms. The molecule has 0 aliphatic carbocycles. The molecule has 0 bridgehead atoms. The van der Waals surface area contributed by atoms with Crippen molar-refractivity contribution in [3.63, 3.8) is 0 Å². The fourth-order valence-corrected chi connectivity index (χ4v) is 2.89. The van der Waals surface area contributed by atoms with Crippen LogP contribution < -0.4 is 4.74 Å². The van der Waals surface area contributed by atoms with Gasteiger partial charge < -0.3 is 9.64 Å². The Kier molecular flexibility index (Phi) is 3.60. The first-order valence-corrected chi connectivity index (χ1v) is 7.41. The molecule has 98 valence electrons. The van der Waals surface area contributed by atoms with Crippen LogP contribution in [-0.4, -0.2) is 29.6 Å². The molecule has 3 nitrogen and oxygen atoms in total. The fourth-order valence-electron chi connectivity index (χ4n) is 2.19. The quantitative estimate of drug-likeness (QED) is 0.789. The van der Waals surface area contributed by atoms with Gasteiger partial charge in [-0.1, -0.05) is 12.1 Å². The van der Waals surface area contributed by atoms with Crippen LogP contribution in [-0.2, 0) is 0 Å². The van der Waals surface area contributed by atoms with Crippen molar-refractivity contribution in [1.82, 2.24) is 4.90 Å². The van der Waals surface area contributed by atoms with E-state index >= 15 is 0 Å². The molecule has 2 aliphatic rings. The second-order valence-electron chi connectivity index (χ2n) is 4.32. The maximum atomic E-state index is 5.48. The van der Waals surface area contributed by atoms with E-state index in [0.717, 1.165) is 23.9 Å². The minimum Gasteiger partial charge on any atom is -0.494 e. The smallest absolute Gasteiger partial charge is 0.148 e. The van der Waals surface area contributed by atoms with Crippen molar-refractivity contribution in [3.8, 4) is 5.75 Å². The molecular weight excluding hydrogens is 256 g/mol. The molecule has 0 saturated carbocycles. The minimum atomic E-state index is 0.696. The van der Waals surface area contributed by atoms with Crippen molar-refractivity contribution in [2.45, 2.75) is 6.92 Å². The summed E-state index contributed by atoms with van der Waals surface area (Å²) in [5.41, 5.74) is 2.36. The number of hydrogen-bond donors (Lipinski definition) is 0. The third-order valence-corrected chi connectivity index (χ3v) is 3.76. The summed E-state index contributed by atoms with van der Waals surface area (Å²) in [7, 11) is 0. The monoisotopic (exact) mass is 272 g/mol. The Morgan fingerprint density at radius 2 is 2.16 bits per heavy atom. The largest absolute Gasteiger partial charge is 0.494 e. The first kappa shape index (κ1) is 12.4. The third kappa shape index (κ3) is 2.54. The highest BCUT2D eigenvalue weighted by atomic mass is 32.2. The van der Waals surface area contributed by atoms with Crippen molar-refractivity contribution in [2.75, 3.05) is 18.9 Å². The van der Waals surface area contributed by atoms with Crippen LogP contribution in [0.15, 0.2) is 47.0 Å². The number of benzene rings is 1. The second-order valence-corrected chi connectivity index (χ2v) is 5.17. The van der Waals surface area contributed by atoms with Crippen molar-refractivity contribution in [3.05, 3.63) is 48.2 Å². The Morgan fingerprint density at radius 1 is 1.32 bits per heavy atom. The van der Waals surface area contributed by atoms with Crippen molar-refractivity contribution < 1.29 is 4.74 Å². The standard InChI is InChI=1S/C15H16N2OS/c1-2-18-13-7-5-12(6-8-13)14-4-3-9-17-10-11-19-16-15(14)17/h3-9H,2,10-11H2,1H3. The normalized spacial score (nSPS) is 17.6. The Morgan fingerprint density at radius 3 is 2.95 bits per heavy atom. The van der Waals surface area contributed by atoms with Crippen LogP contribution in [0.1, 0.15) is 12.5 Å². The zero-order valence-corrected chi connectivity index (χ0v) is 11.7. The molecule has 0 radical (unpaired) electrons. The van der Waals surface area contributed by atoms with Gasteiger partial charge in [-0.05, 0) is 48.7 Å². The van der Waals surface area contributed by atoms with E-state index in [0.29, 0.717) is 6.61 Å². The van der Waals surface area contributed by atoms with E-state index in [9.17, 15) is 0 Å². The average molecular weight is 272 g/mol. The summed E-state index contributed by atoms with van der Waals surface area (Å²) in [6.45, 7) is 3.71. The number of amidine groups is 1. The number of hydrogen-bond acceptors (Lipinski definition) is 4. The molecule has 0 N–H and O–H groups in total. The Labute approximate surface area is 117 Å². The number of allylic oxidation sites excluding steroid dienone is 2. The fraction of sp³-hybridized carbons (Fsp3) is 0.267. The molecule has 2 aliphatic heterocycles. The molecule has 0 atom stereocenters. The van der Waals surface area contributed by atoms with Gasteiger partial charge in [-0.2, -0.15) is 4.40 Å². The van der Waals surface area contributed by atoms with Crippen LogP contribution in [0, 0.1) is 0 Å². The second kappa shape index (κ2) is 5.53. The predicted octanol–water partition coefficient (Wildman–Crippen LogP) is 3.36. The lowest BCUT2D eigenvalue weighted by atomic mass is 10.0. The van der Waals surface area contributed by atoms with Crippen LogP contribution in [0.2, 0.25) is 0 Å². The summed E-state index contributed by atoms with van der Waals surface area (Å²) >= 11 is 1.64. The van der Waals surface area contributed by atoms with Crippen molar-refractivity contribution in [1.29, 1.82) is 0 Å². The SMILES string of the molecule is CCOc1ccc(C2=CC=CN3CCSN=C23)cc1. The molecule has 2 heterocycles. The van der Waals surface area contributed by atoms with E-state index < -0.39 is 0 Å². The molecule has 0 unspecified atom stereocenters. The van der Waals surface area contributed by atoms with Gasteiger partial charge >= 0.3 is 0 Å². The van der Waals surface area contributed by atoms with E-state index in [2.05, 4.69) is 39.8 Å². The highest BCUT2D eigenvalue weighted by Crippen LogP contribution is 2.28. The van der Waals surface area contributed by atoms with Gasteiger partial charge in [-0.3, -0.25) is 0 Å². The first-order chi connectivity index (χ1) is 9.38.